The number of nitrogens with one attached hydrogen (secondary N) is 2. The molecule has 6 heteroatoms. The van der Waals surface area contributed by atoms with Crippen LogP contribution in [0.3, 0.4) is 0 Å². The molecule has 1 aromatic rings. The molecule has 0 aromatic heterocycles. The van der Waals surface area contributed by atoms with Crippen molar-refractivity contribution < 1.29 is 9.59 Å². The predicted molar refractivity (Wildman–Crippen MR) is 115 cm³/mol. The summed E-state index contributed by atoms with van der Waals surface area (Å²) in [5, 5.41) is 6.01. The number of likely N-dealkylation sites (tertiary alicyclic amines) is 1. The Kier molecular flexibility index (Phi) is 8.07. The Morgan fingerprint density at radius 2 is 1.90 bits per heavy atom. The van der Waals surface area contributed by atoms with Gasteiger partial charge >= 0.3 is 0 Å². The Morgan fingerprint density at radius 3 is 2.59 bits per heavy atom. The standard InChI is InChI=1S/C23H36N4O2/c1-18(2)16-26-11-8-19(9-12-26)15-25-22(28)14-21-23(29)24-10-13-27(21)17-20-6-4-3-5-7-20/h3-7,18-19,21H,8-17H2,1-2H3,(H,24,29)(H,25,28). The number of carbonyl (C=O) groups excluding carboxylic acids is 2. The molecule has 2 N–H and O–H groups in total. The fourth-order valence-corrected chi connectivity index (χ4v) is 4.39. The van der Waals surface area contributed by atoms with Gasteiger partial charge in [-0.1, -0.05) is 44.2 Å². The van der Waals surface area contributed by atoms with E-state index in [-0.39, 0.29) is 18.2 Å². The van der Waals surface area contributed by atoms with Crippen LogP contribution in [0.1, 0.15) is 38.7 Å². The molecule has 2 heterocycles. The summed E-state index contributed by atoms with van der Waals surface area (Å²) in [6.45, 7) is 10.7. The second-order valence-electron chi connectivity index (χ2n) is 8.91. The third-order valence-corrected chi connectivity index (χ3v) is 5.97. The Bertz CT molecular complexity index is 656. The number of amides is 2. The van der Waals surface area contributed by atoms with Crippen molar-refractivity contribution in [2.24, 2.45) is 11.8 Å². The summed E-state index contributed by atoms with van der Waals surface area (Å²) in [6, 6.07) is 9.74. The minimum atomic E-state index is -0.392. The number of benzene rings is 1. The van der Waals surface area contributed by atoms with Crippen molar-refractivity contribution in [1.82, 2.24) is 20.4 Å². The van der Waals surface area contributed by atoms with Crippen LogP contribution in [0.25, 0.3) is 0 Å². The third kappa shape index (κ3) is 6.82. The number of carbonyl (C=O) groups is 2. The normalized spacial score (nSPS) is 21.9. The first kappa shape index (κ1) is 21.8. The molecule has 3 rings (SSSR count). The van der Waals surface area contributed by atoms with Crippen LogP contribution in [0.5, 0.6) is 0 Å². The van der Waals surface area contributed by atoms with Crippen LogP contribution in [-0.4, -0.2) is 66.9 Å². The zero-order chi connectivity index (χ0) is 20.6. The quantitative estimate of drug-likeness (QED) is 0.699. The lowest BCUT2D eigenvalue weighted by Crippen LogP contribution is -2.56. The molecule has 2 amide bonds. The maximum absolute atomic E-state index is 12.6. The van der Waals surface area contributed by atoms with Gasteiger partial charge in [0.15, 0.2) is 0 Å². The van der Waals surface area contributed by atoms with E-state index in [2.05, 4.69) is 46.4 Å². The summed E-state index contributed by atoms with van der Waals surface area (Å²) in [5.74, 6) is 1.19. The molecule has 0 radical (unpaired) electrons. The maximum atomic E-state index is 12.6. The van der Waals surface area contributed by atoms with Crippen LogP contribution >= 0.6 is 0 Å². The molecule has 29 heavy (non-hydrogen) atoms. The number of hydrogen-bond donors (Lipinski definition) is 2. The molecule has 1 aromatic carbocycles. The summed E-state index contributed by atoms with van der Waals surface area (Å²) in [4.78, 5) is 29.6. The van der Waals surface area contributed by atoms with E-state index in [1.54, 1.807) is 0 Å². The molecule has 1 atom stereocenters. The van der Waals surface area contributed by atoms with Crippen molar-refractivity contribution in [2.45, 2.75) is 45.7 Å². The third-order valence-electron chi connectivity index (χ3n) is 5.97. The van der Waals surface area contributed by atoms with Gasteiger partial charge in [-0.05, 0) is 43.3 Å². The Hall–Kier alpha value is -1.92. The lowest BCUT2D eigenvalue weighted by atomic mass is 9.96. The summed E-state index contributed by atoms with van der Waals surface area (Å²) in [6.07, 6.45) is 2.50. The number of nitrogens with zero attached hydrogens (tertiary/aromatic N) is 2. The van der Waals surface area contributed by atoms with Gasteiger partial charge in [0.25, 0.3) is 0 Å². The van der Waals surface area contributed by atoms with Gasteiger partial charge < -0.3 is 15.5 Å². The van der Waals surface area contributed by atoms with Crippen molar-refractivity contribution in [1.29, 1.82) is 0 Å². The van der Waals surface area contributed by atoms with Gasteiger partial charge in [-0.2, -0.15) is 0 Å². The Morgan fingerprint density at radius 1 is 1.17 bits per heavy atom. The van der Waals surface area contributed by atoms with Crippen LogP contribution in [0.15, 0.2) is 30.3 Å². The van der Waals surface area contributed by atoms with E-state index in [4.69, 9.17) is 0 Å². The minimum absolute atomic E-state index is 0.0188. The van der Waals surface area contributed by atoms with Gasteiger partial charge in [-0.25, -0.2) is 0 Å². The predicted octanol–water partition coefficient (Wildman–Crippen LogP) is 1.86. The van der Waals surface area contributed by atoms with E-state index in [0.717, 1.165) is 45.6 Å². The molecule has 160 valence electrons. The molecule has 1 unspecified atom stereocenters. The van der Waals surface area contributed by atoms with E-state index in [0.29, 0.717) is 24.9 Å². The average Bonchev–Trinajstić information content (AvgIpc) is 2.70. The number of piperidine rings is 1. The van der Waals surface area contributed by atoms with Crippen LogP contribution < -0.4 is 10.6 Å². The topological polar surface area (TPSA) is 64.7 Å². The number of piperazine rings is 1. The molecule has 6 nitrogen and oxygen atoms in total. The smallest absolute Gasteiger partial charge is 0.237 e. The van der Waals surface area contributed by atoms with Crippen LogP contribution in [0.2, 0.25) is 0 Å². The molecule has 2 aliphatic rings. The molecule has 0 spiro atoms. The summed E-state index contributed by atoms with van der Waals surface area (Å²) >= 11 is 0. The molecule has 2 saturated heterocycles. The molecule has 2 fully saturated rings. The average molecular weight is 401 g/mol. The fourth-order valence-electron chi connectivity index (χ4n) is 4.39. The van der Waals surface area contributed by atoms with Gasteiger partial charge in [-0.15, -0.1) is 0 Å². The lowest BCUT2D eigenvalue weighted by Gasteiger charge is -2.35. The summed E-state index contributed by atoms with van der Waals surface area (Å²) < 4.78 is 0. The SMILES string of the molecule is CC(C)CN1CCC(CNC(=O)CC2C(=O)NCCN2Cc2ccccc2)CC1. The zero-order valence-electron chi connectivity index (χ0n) is 17.9. The van der Waals surface area contributed by atoms with Gasteiger partial charge in [0.2, 0.25) is 11.8 Å². The first-order valence-corrected chi connectivity index (χ1v) is 11.1. The highest BCUT2D eigenvalue weighted by atomic mass is 16.2. The van der Waals surface area contributed by atoms with Crippen molar-refractivity contribution in [3.8, 4) is 0 Å². The van der Waals surface area contributed by atoms with Crippen molar-refractivity contribution in [2.75, 3.05) is 39.3 Å². The fraction of sp³-hybridized carbons (Fsp3) is 0.652. The van der Waals surface area contributed by atoms with Crippen molar-refractivity contribution >= 4 is 11.8 Å². The number of rotatable bonds is 8. The maximum Gasteiger partial charge on any atom is 0.237 e. The van der Waals surface area contributed by atoms with Crippen LogP contribution in [-0.2, 0) is 16.1 Å². The molecule has 0 bridgehead atoms. The largest absolute Gasteiger partial charge is 0.356 e. The summed E-state index contributed by atoms with van der Waals surface area (Å²) in [5.41, 5.74) is 1.17. The van der Waals surface area contributed by atoms with E-state index in [1.807, 2.05) is 18.2 Å². The molecule has 0 saturated carbocycles. The molecular formula is C23H36N4O2. The Balaban J connectivity index is 1.45. The van der Waals surface area contributed by atoms with E-state index < -0.39 is 6.04 Å². The molecule has 0 aliphatic carbocycles. The molecular weight excluding hydrogens is 364 g/mol. The van der Waals surface area contributed by atoms with Gasteiger partial charge in [0.05, 0.1) is 12.5 Å². The number of hydrogen-bond acceptors (Lipinski definition) is 4. The zero-order valence-corrected chi connectivity index (χ0v) is 17.9. The second kappa shape index (κ2) is 10.7. The molecule has 2 aliphatic heterocycles. The van der Waals surface area contributed by atoms with Gasteiger partial charge in [0, 0.05) is 32.7 Å². The lowest BCUT2D eigenvalue weighted by molar-refractivity contribution is -0.134. The van der Waals surface area contributed by atoms with E-state index >= 15 is 0 Å². The second-order valence-corrected chi connectivity index (χ2v) is 8.91. The minimum Gasteiger partial charge on any atom is -0.356 e. The van der Waals surface area contributed by atoms with Crippen LogP contribution in [0.4, 0.5) is 0 Å². The highest BCUT2D eigenvalue weighted by Crippen LogP contribution is 2.18. The first-order chi connectivity index (χ1) is 14.0. The van der Waals surface area contributed by atoms with E-state index in [1.165, 1.54) is 5.56 Å². The van der Waals surface area contributed by atoms with Crippen molar-refractivity contribution in [3.63, 3.8) is 0 Å². The first-order valence-electron chi connectivity index (χ1n) is 11.1. The highest BCUT2D eigenvalue weighted by Gasteiger charge is 2.31. The monoisotopic (exact) mass is 400 g/mol. The van der Waals surface area contributed by atoms with Gasteiger partial charge in [0.1, 0.15) is 0 Å². The highest BCUT2D eigenvalue weighted by molar-refractivity contribution is 5.88. The van der Waals surface area contributed by atoms with Crippen molar-refractivity contribution in [3.05, 3.63) is 35.9 Å². The Labute approximate surface area is 175 Å². The van der Waals surface area contributed by atoms with E-state index in [9.17, 15) is 9.59 Å². The van der Waals surface area contributed by atoms with Gasteiger partial charge in [-0.3, -0.25) is 14.5 Å². The summed E-state index contributed by atoms with van der Waals surface area (Å²) in [7, 11) is 0. The van der Waals surface area contributed by atoms with Crippen LogP contribution in [0, 0.1) is 11.8 Å².